The molecular formula is C14H21NO3. The summed E-state index contributed by atoms with van der Waals surface area (Å²) in [7, 11) is 3.30. The van der Waals surface area contributed by atoms with Gasteiger partial charge in [0.1, 0.15) is 11.5 Å². The first kappa shape index (κ1) is 14.4. The Labute approximate surface area is 108 Å². The van der Waals surface area contributed by atoms with Crippen molar-refractivity contribution in [3.05, 3.63) is 23.3 Å². The van der Waals surface area contributed by atoms with Gasteiger partial charge in [-0.3, -0.25) is 4.79 Å². The number of hydrogen-bond acceptors (Lipinski definition) is 3. The molecule has 0 aliphatic rings. The quantitative estimate of drug-likeness (QED) is 0.842. The van der Waals surface area contributed by atoms with Crippen LogP contribution in [0.3, 0.4) is 0 Å². The second-order valence-corrected chi connectivity index (χ2v) is 4.09. The number of aryl methyl sites for hydroxylation is 1. The summed E-state index contributed by atoms with van der Waals surface area (Å²) >= 11 is 0. The smallest absolute Gasteiger partial charge is 0.219 e. The number of carbonyl (C=O) groups is 1. The topological polar surface area (TPSA) is 47.6 Å². The highest BCUT2D eigenvalue weighted by atomic mass is 16.5. The molecule has 0 radical (unpaired) electrons. The van der Waals surface area contributed by atoms with E-state index in [1.54, 1.807) is 14.2 Å². The van der Waals surface area contributed by atoms with Crippen molar-refractivity contribution in [1.29, 1.82) is 0 Å². The Hall–Kier alpha value is -1.71. The molecule has 0 saturated heterocycles. The number of nitrogens with one attached hydrogen (secondary N) is 1. The van der Waals surface area contributed by atoms with Gasteiger partial charge in [0.05, 0.1) is 14.2 Å². The van der Waals surface area contributed by atoms with Gasteiger partial charge in [-0.15, -0.1) is 0 Å². The van der Waals surface area contributed by atoms with Crippen molar-refractivity contribution in [2.75, 3.05) is 20.8 Å². The summed E-state index contributed by atoms with van der Waals surface area (Å²) < 4.78 is 10.6. The van der Waals surface area contributed by atoms with Crippen LogP contribution in [0, 0.1) is 6.92 Å². The Morgan fingerprint density at radius 1 is 1.22 bits per heavy atom. The van der Waals surface area contributed by atoms with E-state index in [0.717, 1.165) is 29.0 Å². The Kier molecular flexibility index (Phi) is 5.49. The minimum Gasteiger partial charge on any atom is -0.496 e. The maximum Gasteiger partial charge on any atom is 0.219 e. The number of rotatable bonds is 6. The fourth-order valence-corrected chi connectivity index (χ4v) is 1.77. The molecule has 0 fully saturated rings. The average Bonchev–Trinajstić information content (AvgIpc) is 2.39. The molecule has 1 aromatic rings. The van der Waals surface area contributed by atoms with Crippen molar-refractivity contribution in [2.45, 2.75) is 26.7 Å². The highest BCUT2D eigenvalue weighted by Gasteiger charge is 2.08. The molecule has 0 aliphatic carbocycles. The minimum absolute atomic E-state index is 0.0630. The molecule has 1 N–H and O–H groups in total. The largest absolute Gasteiger partial charge is 0.496 e. The predicted molar refractivity (Wildman–Crippen MR) is 71.3 cm³/mol. The molecule has 0 saturated carbocycles. The van der Waals surface area contributed by atoms with E-state index in [-0.39, 0.29) is 5.91 Å². The van der Waals surface area contributed by atoms with Gasteiger partial charge >= 0.3 is 0 Å². The van der Waals surface area contributed by atoms with E-state index < -0.39 is 0 Å². The van der Waals surface area contributed by atoms with E-state index in [9.17, 15) is 4.79 Å². The van der Waals surface area contributed by atoms with Crippen LogP contribution in [0.15, 0.2) is 12.1 Å². The lowest BCUT2D eigenvalue weighted by Crippen LogP contribution is -2.24. The number of ether oxygens (including phenoxy) is 2. The number of carbonyl (C=O) groups excluding carboxylic acids is 1. The molecule has 0 bridgehead atoms. The minimum atomic E-state index is 0.0630. The van der Waals surface area contributed by atoms with E-state index in [4.69, 9.17) is 9.47 Å². The van der Waals surface area contributed by atoms with Gasteiger partial charge in [0.2, 0.25) is 5.91 Å². The SMILES string of the molecule is CCC(=O)NCCc1cc(OC)c(C)cc1OC. The summed E-state index contributed by atoms with van der Waals surface area (Å²) in [6.07, 6.45) is 1.24. The second kappa shape index (κ2) is 6.89. The van der Waals surface area contributed by atoms with Gasteiger partial charge < -0.3 is 14.8 Å². The van der Waals surface area contributed by atoms with Crippen LogP contribution >= 0.6 is 0 Å². The average molecular weight is 251 g/mol. The van der Waals surface area contributed by atoms with Gasteiger partial charge in [-0.05, 0) is 36.6 Å². The van der Waals surface area contributed by atoms with Gasteiger partial charge in [0, 0.05) is 13.0 Å². The number of amides is 1. The third kappa shape index (κ3) is 3.65. The van der Waals surface area contributed by atoms with E-state index in [1.165, 1.54) is 0 Å². The highest BCUT2D eigenvalue weighted by Crippen LogP contribution is 2.28. The van der Waals surface area contributed by atoms with Gasteiger partial charge in [0.15, 0.2) is 0 Å². The van der Waals surface area contributed by atoms with Crippen molar-refractivity contribution in [1.82, 2.24) is 5.32 Å². The van der Waals surface area contributed by atoms with E-state index >= 15 is 0 Å². The Morgan fingerprint density at radius 3 is 2.44 bits per heavy atom. The number of benzene rings is 1. The first-order valence-corrected chi connectivity index (χ1v) is 6.10. The molecular weight excluding hydrogens is 230 g/mol. The Bertz CT molecular complexity index is 416. The summed E-state index contributed by atoms with van der Waals surface area (Å²) in [4.78, 5) is 11.2. The Morgan fingerprint density at radius 2 is 1.89 bits per heavy atom. The first-order valence-electron chi connectivity index (χ1n) is 6.10. The summed E-state index contributed by atoms with van der Waals surface area (Å²) in [5.74, 6) is 1.74. The zero-order chi connectivity index (χ0) is 13.5. The molecule has 1 amide bonds. The fraction of sp³-hybridized carbons (Fsp3) is 0.500. The van der Waals surface area contributed by atoms with Crippen molar-refractivity contribution >= 4 is 5.91 Å². The number of methoxy groups -OCH3 is 2. The van der Waals surface area contributed by atoms with Gasteiger partial charge in [0.25, 0.3) is 0 Å². The molecule has 4 heteroatoms. The van der Waals surface area contributed by atoms with Crippen LogP contribution in [0.4, 0.5) is 0 Å². The normalized spacial score (nSPS) is 10.0. The molecule has 1 aromatic carbocycles. The molecule has 0 heterocycles. The molecule has 100 valence electrons. The zero-order valence-corrected chi connectivity index (χ0v) is 11.5. The van der Waals surface area contributed by atoms with Gasteiger partial charge in [-0.25, -0.2) is 0 Å². The lowest BCUT2D eigenvalue weighted by Gasteiger charge is -2.13. The van der Waals surface area contributed by atoms with E-state index in [2.05, 4.69) is 5.32 Å². The van der Waals surface area contributed by atoms with E-state index in [1.807, 2.05) is 26.0 Å². The van der Waals surface area contributed by atoms with Gasteiger partial charge in [-0.2, -0.15) is 0 Å². The molecule has 4 nitrogen and oxygen atoms in total. The van der Waals surface area contributed by atoms with Crippen molar-refractivity contribution < 1.29 is 14.3 Å². The summed E-state index contributed by atoms with van der Waals surface area (Å²) in [6, 6.07) is 3.92. The van der Waals surface area contributed by atoms with E-state index in [0.29, 0.717) is 13.0 Å². The van der Waals surface area contributed by atoms with Crippen LogP contribution in [0.2, 0.25) is 0 Å². The molecule has 1 rings (SSSR count). The van der Waals surface area contributed by atoms with Crippen LogP contribution in [0.25, 0.3) is 0 Å². The summed E-state index contributed by atoms with van der Waals surface area (Å²) in [6.45, 7) is 4.42. The molecule has 0 unspecified atom stereocenters. The van der Waals surface area contributed by atoms with Crippen molar-refractivity contribution in [2.24, 2.45) is 0 Å². The fourth-order valence-electron chi connectivity index (χ4n) is 1.77. The van der Waals surface area contributed by atoms with Crippen LogP contribution in [-0.2, 0) is 11.2 Å². The summed E-state index contributed by atoms with van der Waals surface area (Å²) in [5, 5.41) is 2.85. The Balaban J connectivity index is 2.76. The van der Waals surface area contributed by atoms with Crippen molar-refractivity contribution in [3.63, 3.8) is 0 Å². The first-order chi connectivity index (χ1) is 8.62. The lowest BCUT2D eigenvalue weighted by molar-refractivity contribution is -0.120. The third-order valence-corrected chi connectivity index (χ3v) is 2.84. The van der Waals surface area contributed by atoms with Crippen LogP contribution in [0.1, 0.15) is 24.5 Å². The lowest BCUT2D eigenvalue weighted by atomic mass is 10.1. The number of hydrogen-bond donors (Lipinski definition) is 1. The molecule has 0 atom stereocenters. The monoisotopic (exact) mass is 251 g/mol. The van der Waals surface area contributed by atoms with Gasteiger partial charge in [-0.1, -0.05) is 6.92 Å². The maximum absolute atomic E-state index is 11.2. The molecule has 0 aromatic heterocycles. The molecule has 0 spiro atoms. The zero-order valence-electron chi connectivity index (χ0n) is 11.5. The van der Waals surface area contributed by atoms with Crippen LogP contribution in [0.5, 0.6) is 11.5 Å². The second-order valence-electron chi connectivity index (χ2n) is 4.09. The maximum atomic E-state index is 11.2. The standard InChI is InChI=1S/C14H21NO3/c1-5-14(16)15-7-6-11-9-12(17-3)10(2)8-13(11)18-4/h8-9H,5-7H2,1-4H3,(H,15,16). The molecule has 18 heavy (non-hydrogen) atoms. The third-order valence-electron chi connectivity index (χ3n) is 2.84. The van der Waals surface area contributed by atoms with Crippen LogP contribution in [-0.4, -0.2) is 26.7 Å². The molecule has 0 aliphatic heterocycles. The summed E-state index contributed by atoms with van der Waals surface area (Å²) in [5.41, 5.74) is 2.08. The van der Waals surface area contributed by atoms with Crippen LogP contribution < -0.4 is 14.8 Å². The predicted octanol–water partition coefficient (Wildman–Crippen LogP) is 2.08. The highest BCUT2D eigenvalue weighted by molar-refractivity contribution is 5.75. The van der Waals surface area contributed by atoms with Crippen molar-refractivity contribution in [3.8, 4) is 11.5 Å².